The van der Waals surface area contributed by atoms with Crippen LogP contribution >= 0.6 is 11.3 Å². The summed E-state index contributed by atoms with van der Waals surface area (Å²) in [4.78, 5) is 28.4. The fourth-order valence-corrected chi connectivity index (χ4v) is 4.23. The van der Waals surface area contributed by atoms with Gasteiger partial charge >= 0.3 is 0 Å². The molecule has 0 N–H and O–H groups in total. The van der Waals surface area contributed by atoms with Gasteiger partial charge in [0.25, 0.3) is 0 Å². The number of hydrogen-bond donors (Lipinski definition) is 0. The van der Waals surface area contributed by atoms with Gasteiger partial charge in [-0.1, -0.05) is 11.3 Å². The Labute approximate surface area is 149 Å². The molecule has 2 aromatic heterocycles. The van der Waals surface area contributed by atoms with Crippen molar-refractivity contribution in [2.75, 3.05) is 24.5 Å². The van der Waals surface area contributed by atoms with E-state index in [2.05, 4.69) is 15.3 Å². The molecule has 0 spiro atoms. The third-order valence-electron chi connectivity index (χ3n) is 4.78. The molecule has 2 aliphatic heterocycles. The third-order valence-corrected chi connectivity index (χ3v) is 5.65. The van der Waals surface area contributed by atoms with Crippen LogP contribution in [0.3, 0.4) is 0 Å². The minimum atomic E-state index is -0.293. The predicted molar refractivity (Wildman–Crippen MR) is 92.4 cm³/mol. The molecular formula is C16H20N6O2S. The number of likely N-dealkylation sites (tertiary alicyclic amines) is 1. The second-order valence-electron chi connectivity index (χ2n) is 6.78. The van der Waals surface area contributed by atoms with Gasteiger partial charge in [-0.25, -0.2) is 0 Å². The van der Waals surface area contributed by atoms with E-state index in [0.717, 1.165) is 16.4 Å². The molecule has 2 aliphatic rings. The van der Waals surface area contributed by atoms with Gasteiger partial charge in [0.2, 0.25) is 16.9 Å². The zero-order valence-electron chi connectivity index (χ0n) is 14.5. The second-order valence-corrected chi connectivity index (χ2v) is 7.94. The van der Waals surface area contributed by atoms with Crippen molar-refractivity contribution >= 4 is 28.3 Å². The molecular weight excluding hydrogens is 340 g/mol. The molecule has 0 bridgehead atoms. The van der Waals surface area contributed by atoms with E-state index in [1.54, 1.807) is 4.90 Å². The molecule has 2 saturated heterocycles. The van der Waals surface area contributed by atoms with Crippen molar-refractivity contribution in [2.24, 2.45) is 5.92 Å². The first-order chi connectivity index (χ1) is 11.9. The van der Waals surface area contributed by atoms with Crippen LogP contribution in [0.5, 0.6) is 0 Å². The molecule has 4 heterocycles. The maximum Gasteiger partial charge on any atom is 0.229 e. The highest BCUT2D eigenvalue weighted by atomic mass is 32.1. The number of nitrogens with zero attached hydrogens (tertiary/aromatic N) is 6. The topological polar surface area (TPSA) is 84.2 Å². The molecule has 2 amide bonds. The summed E-state index contributed by atoms with van der Waals surface area (Å²) >= 11 is 1.38. The molecule has 2 aromatic rings. The Morgan fingerprint density at radius 1 is 1.20 bits per heavy atom. The van der Waals surface area contributed by atoms with Gasteiger partial charge in [-0.15, -0.1) is 10.2 Å². The normalized spacial score (nSPS) is 21.1. The van der Waals surface area contributed by atoms with E-state index in [9.17, 15) is 9.59 Å². The van der Waals surface area contributed by atoms with E-state index in [-0.39, 0.29) is 30.2 Å². The third kappa shape index (κ3) is 2.82. The summed E-state index contributed by atoms with van der Waals surface area (Å²) in [5.74, 6) is -0.293. The fraction of sp³-hybridized carbons (Fsp3) is 0.562. The minimum Gasteiger partial charge on any atom is -0.338 e. The highest BCUT2D eigenvalue weighted by molar-refractivity contribution is 7.15. The quantitative estimate of drug-likeness (QED) is 0.818. The minimum absolute atomic E-state index is 0.0508. The van der Waals surface area contributed by atoms with Crippen molar-refractivity contribution in [1.82, 2.24) is 24.9 Å². The molecule has 132 valence electrons. The second kappa shape index (κ2) is 5.91. The standard InChI is InChI=1S/C16H20N6O2S/c1-9-4-10(2)22(19-9)13-7-20(8-13)15(24)12-5-14(23)21(6-12)16-18-17-11(3)25-16/h4,12-13H,5-8H2,1-3H3. The van der Waals surface area contributed by atoms with Crippen molar-refractivity contribution < 1.29 is 9.59 Å². The molecule has 4 rings (SSSR count). The predicted octanol–water partition coefficient (Wildman–Crippen LogP) is 1.10. The first-order valence-corrected chi connectivity index (χ1v) is 9.16. The van der Waals surface area contributed by atoms with Crippen LogP contribution in [0.25, 0.3) is 0 Å². The van der Waals surface area contributed by atoms with Gasteiger partial charge in [0.1, 0.15) is 5.01 Å². The first-order valence-electron chi connectivity index (χ1n) is 8.34. The number of aryl methyl sites for hydroxylation is 3. The molecule has 0 aliphatic carbocycles. The number of aromatic nitrogens is 4. The summed E-state index contributed by atoms with van der Waals surface area (Å²) < 4.78 is 2.00. The summed E-state index contributed by atoms with van der Waals surface area (Å²) in [6.07, 6.45) is 0.249. The van der Waals surface area contributed by atoms with Crippen LogP contribution in [-0.2, 0) is 9.59 Å². The smallest absolute Gasteiger partial charge is 0.229 e. The van der Waals surface area contributed by atoms with Crippen LogP contribution in [0.4, 0.5) is 5.13 Å². The number of hydrogen-bond acceptors (Lipinski definition) is 6. The lowest BCUT2D eigenvalue weighted by Crippen LogP contribution is -2.53. The van der Waals surface area contributed by atoms with Gasteiger partial charge in [0.05, 0.1) is 17.7 Å². The average Bonchev–Trinajstić information content (AvgIpc) is 3.17. The number of anilines is 1. The molecule has 0 saturated carbocycles. The Morgan fingerprint density at radius 3 is 2.56 bits per heavy atom. The maximum atomic E-state index is 12.7. The van der Waals surface area contributed by atoms with Crippen LogP contribution in [0, 0.1) is 26.7 Å². The average molecular weight is 360 g/mol. The van der Waals surface area contributed by atoms with E-state index in [4.69, 9.17) is 0 Å². The monoisotopic (exact) mass is 360 g/mol. The van der Waals surface area contributed by atoms with Crippen LogP contribution in [0.1, 0.15) is 28.9 Å². The maximum absolute atomic E-state index is 12.7. The van der Waals surface area contributed by atoms with Crippen molar-refractivity contribution in [1.29, 1.82) is 0 Å². The van der Waals surface area contributed by atoms with Crippen LogP contribution in [0.15, 0.2) is 6.07 Å². The highest BCUT2D eigenvalue weighted by Gasteiger charge is 2.42. The molecule has 8 nitrogen and oxygen atoms in total. The van der Waals surface area contributed by atoms with Gasteiger partial charge in [-0.2, -0.15) is 5.10 Å². The van der Waals surface area contributed by atoms with E-state index < -0.39 is 0 Å². The Bertz CT molecular complexity index is 838. The van der Waals surface area contributed by atoms with Gasteiger partial charge in [-0.05, 0) is 26.8 Å². The van der Waals surface area contributed by atoms with Crippen molar-refractivity contribution in [2.45, 2.75) is 33.2 Å². The number of amides is 2. The Kier molecular flexibility index (Phi) is 3.82. The number of carbonyl (C=O) groups is 2. The SMILES string of the molecule is Cc1cc(C)n(C2CN(C(=O)C3CC(=O)N(c4nnc(C)s4)C3)C2)n1. The summed E-state index contributed by atoms with van der Waals surface area (Å²) in [5.41, 5.74) is 2.11. The van der Waals surface area contributed by atoms with Gasteiger partial charge in [0, 0.05) is 31.7 Å². The van der Waals surface area contributed by atoms with E-state index >= 15 is 0 Å². The summed E-state index contributed by atoms with van der Waals surface area (Å²) in [6.45, 7) is 7.56. The Morgan fingerprint density at radius 2 is 1.96 bits per heavy atom. The molecule has 9 heteroatoms. The van der Waals surface area contributed by atoms with E-state index in [0.29, 0.717) is 24.8 Å². The number of carbonyl (C=O) groups excluding carboxylic acids is 2. The lowest BCUT2D eigenvalue weighted by atomic mass is 10.0. The highest BCUT2D eigenvalue weighted by Crippen LogP contribution is 2.31. The molecule has 1 atom stereocenters. The van der Waals surface area contributed by atoms with E-state index in [1.165, 1.54) is 11.3 Å². The van der Waals surface area contributed by atoms with Crippen molar-refractivity contribution in [3.63, 3.8) is 0 Å². The zero-order valence-corrected chi connectivity index (χ0v) is 15.3. The Balaban J connectivity index is 1.38. The summed E-state index contributed by atoms with van der Waals surface area (Å²) in [6, 6.07) is 2.28. The molecule has 25 heavy (non-hydrogen) atoms. The van der Waals surface area contributed by atoms with Gasteiger partial charge in [0.15, 0.2) is 0 Å². The fourth-order valence-electron chi connectivity index (χ4n) is 3.52. The number of rotatable bonds is 3. The first kappa shape index (κ1) is 16.2. The molecule has 2 fully saturated rings. The van der Waals surface area contributed by atoms with Crippen LogP contribution in [-0.4, -0.2) is 56.3 Å². The molecule has 0 aromatic carbocycles. The van der Waals surface area contributed by atoms with Crippen LogP contribution in [0.2, 0.25) is 0 Å². The lowest BCUT2D eigenvalue weighted by Gasteiger charge is -2.40. The molecule has 1 unspecified atom stereocenters. The van der Waals surface area contributed by atoms with Crippen LogP contribution < -0.4 is 4.90 Å². The van der Waals surface area contributed by atoms with Crippen molar-refractivity contribution in [3.05, 3.63) is 22.5 Å². The lowest BCUT2D eigenvalue weighted by molar-refractivity contribution is -0.141. The Hall–Kier alpha value is -2.29. The summed E-state index contributed by atoms with van der Waals surface area (Å²) in [5, 5.41) is 13.9. The molecule has 0 radical (unpaired) electrons. The van der Waals surface area contributed by atoms with Crippen molar-refractivity contribution in [3.8, 4) is 0 Å². The largest absolute Gasteiger partial charge is 0.338 e. The zero-order chi connectivity index (χ0) is 17.7. The van der Waals surface area contributed by atoms with E-state index in [1.807, 2.05) is 36.4 Å². The summed E-state index contributed by atoms with van der Waals surface area (Å²) in [7, 11) is 0. The van der Waals surface area contributed by atoms with Gasteiger partial charge < -0.3 is 4.90 Å². The van der Waals surface area contributed by atoms with Gasteiger partial charge in [-0.3, -0.25) is 19.2 Å².